The molecule has 5 rings (SSSR count). The van der Waals surface area contributed by atoms with E-state index in [1.807, 2.05) is 0 Å². The first-order valence-electron chi connectivity index (χ1n) is 9.36. The molecule has 0 radical (unpaired) electrons. The number of aliphatic hydroxyl groups excluding tert-OH is 1. The quantitative estimate of drug-likeness (QED) is 0.595. The molecule has 3 fully saturated rings. The Hall–Kier alpha value is -2.29. The van der Waals surface area contributed by atoms with E-state index < -0.39 is 12.0 Å². The maximum absolute atomic E-state index is 13.4. The average Bonchev–Trinajstić information content (AvgIpc) is 2.59. The van der Waals surface area contributed by atoms with E-state index >= 15 is 0 Å². The number of nitrogens with zero attached hydrogens (tertiary/aromatic N) is 2. The van der Waals surface area contributed by atoms with E-state index in [1.165, 1.54) is 12.1 Å². The van der Waals surface area contributed by atoms with E-state index in [0.29, 0.717) is 22.8 Å². The maximum atomic E-state index is 13.4. The summed E-state index contributed by atoms with van der Waals surface area (Å²) in [6.45, 7) is 3.55. The molecule has 9 heteroatoms. The summed E-state index contributed by atoms with van der Waals surface area (Å²) in [5, 5.41) is 16.4. The number of benzene rings is 1. The van der Waals surface area contributed by atoms with Crippen molar-refractivity contribution in [2.24, 2.45) is 0 Å². The van der Waals surface area contributed by atoms with Gasteiger partial charge in [0.25, 0.3) is 5.91 Å². The molecule has 7 nitrogen and oxygen atoms in total. The highest BCUT2D eigenvalue weighted by Gasteiger charge is 2.68. The van der Waals surface area contributed by atoms with Crippen LogP contribution in [0.25, 0.3) is 0 Å². The van der Waals surface area contributed by atoms with Crippen molar-refractivity contribution in [1.82, 2.24) is 20.6 Å². The second kappa shape index (κ2) is 7.19. The van der Waals surface area contributed by atoms with Crippen molar-refractivity contribution in [3.8, 4) is 5.75 Å². The Morgan fingerprint density at radius 3 is 2.72 bits per heavy atom. The summed E-state index contributed by atoms with van der Waals surface area (Å²) in [4.78, 5) is 20.8. The van der Waals surface area contributed by atoms with Gasteiger partial charge in [0.1, 0.15) is 30.2 Å². The SMILES string of the molecule is Cc1ncc(C(=O)NC23CC(NC(O)COc4ccc(Cl)c(F)c4)(C2)C3)c(C)n1. The molecule has 2 aromatic rings. The van der Waals surface area contributed by atoms with Gasteiger partial charge in [-0.2, -0.15) is 0 Å². The van der Waals surface area contributed by atoms with Crippen LogP contribution in [0.15, 0.2) is 24.4 Å². The first-order chi connectivity index (χ1) is 13.7. The number of carbonyl (C=O) groups is 1. The van der Waals surface area contributed by atoms with Gasteiger partial charge in [-0.05, 0) is 45.2 Å². The van der Waals surface area contributed by atoms with Crippen LogP contribution in [0, 0.1) is 19.7 Å². The first kappa shape index (κ1) is 20.0. The lowest BCUT2D eigenvalue weighted by molar-refractivity contribution is -0.127. The van der Waals surface area contributed by atoms with Crippen molar-refractivity contribution in [1.29, 1.82) is 0 Å². The van der Waals surface area contributed by atoms with Crippen LogP contribution in [-0.2, 0) is 0 Å². The number of nitrogens with one attached hydrogen (secondary N) is 2. The summed E-state index contributed by atoms with van der Waals surface area (Å²) < 4.78 is 18.8. The molecule has 1 aromatic heterocycles. The maximum Gasteiger partial charge on any atom is 0.255 e. The number of hydrogen-bond donors (Lipinski definition) is 3. The van der Waals surface area contributed by atoms with Crippen LogP contribution in [0.4, 0.5) is 4.39 Å². The molecule has 1 amide bonds. The van der Waals surface area contributed by atoms with Crippen molar-refractivity contribution in [3.05, 3.63) is 52.3 Å². The second-order valence-corrected chi connectivity index (χ2v) is 8.42. The lowest BCUT2D eigenvalue weighted by Crippen LogP contribution is -2.84. The lowest BCUT2D eigenvalue weighted by Gasteiger charge is -2.71. The molecular formula is C20H22ClFN4O3. The van der Waals surface area contributed by atoms with Gasteiger partial charge in [0, 0.05) is 23.3 Å². The van der Waals surface area contributed by atoms with Crippen molar-refractivity contribution < 1.29 is 19.0 Å². The van der Waals surface area contributed by atoms with Crippen LogP contribution in [-0.4, -0.2) is 44.9 Å². The van der Waals surface area contributed by atoms with Crippen molar-refractivity contribution >= 4 is 17.5 Å². The smallest absolute Gasteiger partial charge is 0.255 e. The minimum Gasteiger partial charge on any atom is -0.489 e. The summed E-state index contributed by atoms with van der Waals surface area (Å²) in [5.74, 6) is 0.178. The highest BCUT2D eigenvalue weighted by atomic mass is 35.5. The topological polar surface area (TPSA) is 96.4 Å². The van der Waals surface area contributed by atoms with Gasteiger partial charge in [-0.3, -0.25) is 10.1 Å². The molecule has 154 valence electrons. The summed E-state index contributed by atoms with van der Waals surface area (Å²) in [6, 6.07) is 4.12. The first-order valence-corrected chi connectivity index (χ1v) is 9.74. The molecular weight excluding hydrogens is 399 g/mol. The van der Waals surface area contributed by atoms with Crippen LogP contribution < -0.4 is 15.4 Å². The molecule has 3 aliphatic rings. The Bertz CT molecular complexity index is 951. The second-order valence-electron chi connectivity index (χ2n) is 8.01. The van der Waals surface area contributed by atoms with Gasteiger partial charge in [-0.15, -0.1) is 0 Å². The van der Waals surface area contributed by atoms with E-state index in [1.54, 1.807) is 26.1 Å². The van der Waals surface area contributed by atoms with Crippen LogP contribution in [0.2, 0.25) is 5.02 Å². The molecule has 0 spiro atoms. The molecule has 29 heavy (non-hydrogen) atoms. The highest BCUT2D eigenvalue weighted by Crippen LogP contribution is 2.60. The van der Waals surface area contributed by atoms with Crippen LogP contribution in [0.3, 0.4) is 0 Å². The molecule has 2 bridgehead atoms. The van der Waals surface area contributed by atoms with E-state index in [0.717, 1.165) is 19.3 Å². The molecule has 3 saturated carbocycles. The minimum absolute atomic E-state index is 0.0182. The minimum atomic E-state index is -0.907. The Morgan fingerprint density at radius 2 is 2.07 bits per heavy atom. The summed E-state index contributed by atoms with van der Waals surface area (Å²) >= 11 is 5.64. The van der Waals surface area contributed by atoms with Crippen molar-refractivity contribution in [2.45, 2.75) is 50.4 Å². The zero-order valence-electron chi connectivity index (χ0n) is 16.1. The zero-order chi connectivity index (χ0) is 20.8. The lowest BCUT2D eigenvalue weighted by atomic mass is 9.44. The predicted molar refractivity (Wildman–Crippen MR) is 104 cm³/mol. The van der Waals surface area contributed by atoms with Crippen LogP contribution >= 0.6 is 11.6 Å². The van der Waals surface area contributed by atoms with Gasteiger partial charge in [0.2, 0.25) is 0 Å². The van der Waals surface area contributed by atoms with Gasteiger partial charge < -0.3 is 15.2 Å². The number of carbonyl (C=O) groups excluding carboxylic acids is 1. The predicted octanol–water partition coefficient (Wildman–Crippen LogP) is 2.28. The fourth-order valence-corrected chi connectivity index (χ4v) is 4.44. The summed E-state index contributed by atoms with van der Waals surface area (Å²) in [5.41, 5.74) is 0.674. The molecule has 1 heterocycles. The monoisotopic (exact) mass is 420 g/mol. The molecule has 3 N–H and O–H groups in total. The number of hydrogen-bond acceptors (Lipinski definition) is 6. The van der Waals surface area contributed by atoms with Crippen LogP contribution in [0.5, 0.6) is 5.75 Å². The number of rotatable bonds is 7. The summed E-state index contributed by atoms with van der Waals surface area (Å²) in [7, 11) is 0. The van der Waals surface area contributed by atoms with E-state index in [-0.39, 0.29) is 28.6 Å². The average molecular weight is 421 g/mol. The molecule has 1 unspecified atom stereocenters. The number of aliphatic hydroxyl groups is 1. The van der Waals surface area contributed by atoms with Gasteiger partial charge in [-0.25, -0.2) is 14.4 Å². The Kier molecular flexibility index (Phi) is 4.96. The fourth-order valence-electron chi connectivity index (χ4n) is 4.32. The van der Waals surface area contributed by atoms with E-state index in [9.17, 15) is 14.3 Å². The van der Waals surface area contributed by atoms with Gasteiger partial charge in [0.15, 0.2) is 0 Å². The van der Waals surface area contributed by atoms with Crippen molar-refractivity contribution in [3.63, 3.8) is 0 Å². The van der Waals surface area contributed by atoms with Crippen molar-refractivity contribution in [2.75, 3.05) is 6.61 Å². The van der Waals surface area contributed by atoms with E-state index in [2.05, 4.69) is 20.6 Å². The normalized spacial score (nSPS) is 25.6. The molecule has 3 aliphatic carbocycles. The number of aromatic nitrogens is 2. The zero-order valence-corrected chi connectivity index (χ0v) is 16.9. The Labute approximate surface area is 172 Å². The Morgan fingerprint density at radius 1 is 1.34 bits per heavy atom. The van der Waals surface area contributed by atoms with Gasteiger partial charge >= 0.3 is 0 Å². The molecule has 0 saturated heterocycles. The van der Waals surface area contributed by atoms with Gasteiger partial charge in [0.05, 0.1) is 16.3 Å². The number of halogens is 2. The fraction of sp³-hybridized carbons (Fsp3) is 0.450. The number of amides is 1. The van der Waals surface area contributed by atoms with E-state index in [4.69, 9.17) is 16.3 Å². The van der Waals surface area contributed by atoms with Gasteiger partial charge in [-0.1, -0.05) is 11.6 Å². The number of ether oxygens (including phenoxy) is 1. The highest BCUT2D eigenvalue weighted by molar-refractivity contribution is 6.30. The third-order valence-electron chi connectivity index (χ3n) is 5.53. The standard InChI is InChI=1S/C20H22ClFN4O3/c1-11-14(6-23-12(2)24-11)18(28)26-20-8-19(9-20,10-20)25-17(27)7-29-13-3-4-15(21)16(22)5-13/h3-6,17,25,27H,7-10H2,1-2H3,(H,26,28). The largest absolute Gasteiger partial charge is 0.489 e. The number of aryl methyl sites for hydroxylation is 2. The van der Waals surface area contributed by atoms with Crippen LogP contribution in [0.1, 0.15) is 41.1 Å². The summed E-state index contributed by atoms with van der Waals surface area (Å²) in [6.07, 6.45) is 2.82. The Balaban J connectivity index is 1.25. The molecule has 1 atom stereocenters. The molecule has 1 aromatic carbocycles. The third-order valence-corrected chi connectivity index (χ3v) is 5.83. The third kappa shape index (κ3) is 3.92. The molecule has 0 aliphatic heterocycles.